The largest absolute Gasteiger partial charge is 4.00 e. The fraction of sp³-hybridized carbons (Fsp3) is 0.500. The third-order valence-corrected chi connectivity index (χ3v) is 2.51. The van der Waals surface area contributed by atoms with Crippen LogP contribution in [0.1, 0.15) is 25.7 Å². The Balaban J connectivity index is -0.000000120. The maximum absolute atomic E-state index is 10.1. The summed E-state index contributed by atoms with van der Waals surface area (Å²) in [6, 6.07) is 0. The molecule has 0 amide bonds. The van der Waals surface area contributed by atoms with Crippen molar-refractivity contribution in [3.8, 4) is 0 Å². The van der Waals surface area contributed by atoms with Crippen LogP contribution in [0.2, 0.25) is 0 Å². The van der Waals surface area contributed by atoms with Gasteiger partial charge in [0.05, 0.1) is 11.9 Å². The van der Waals surface area contributed by atoms with Gasteiger partial charge in [0.2, 0.25) is 0 Å². The quantitative estimate of drug-likeness (QED) is 0.270. The Kier molecular flexibility index (Phi) is 24.2. The molecule has 0 atom stereocenters. The summed E-state index contributed by atoms with van der Waals surface area (Å²) in [6.07, 6.45) is -5.43. The van der Waals surface area contributed by atoms with Crippen molar-refractivity contribution in [2.75, 3.05) is 0 Å². The van der Waals surface area contributed by atoms with E-state index in [9.17, 15) is 59.4 Å². The van der Waals surface area contributed by atoms with E-state index in [1.54, 1.807) is 0 Å². The molecule has 2 N–H and O–H groups in total. The number of carbonyl (C=O) groups excluding carboxylic acids is 6. The molecule has 0 unspecified atom stereocenters. The number of carboxylic acids is 6. The Bertz CT molecular complexity index is 525. The molecule has 0 saturated heterocycles. The van der Waals surface area contributed by atoms with E-state index in [0.29, 0.717) is 0 Å². The molecule has 0 aromatic carbocycles. The molecule has 29 heavy (non-hydrogen) atoms. The Morgan fingerprint density at radius 1 is 0.552 bits per heavy atom. The minimum Gasteiger partial charge on any atom is -0.550 e. The SMILES string of the molecule is O=C([O-])CC(O)(CC(=O)[O-])C(=O)[O-].O=C([O-])CC(O)(CC(=O)[O-])C(=O)[O-].[K+].[Na+].[Ti+4]. The van der Waals surface area contributed by atoms with Gasteiger partial charge < -0.3 is 69.6 Å². The first kappa shape index (κ1) is 39.6. The first-order valence-electron chi connectivity index (χ1n) is 6.23. The normalized spacial score (nSPS) is 9.72. The molecule has 0 saturated carbocycles. The van der Waals surface area contributed by atoms with Gasteiger partial charge >= 0.3 is 103 Å². The molecular weight excluding hydrogens is 478 g/mol. The number of aliphatic carboxylic acids is 6. The van der Waals surface area contributed by atoms with Crippen LogP contribution >= 0.6 is 0 Å². The van der Waals surface area contributed by atoms with Crippen molar-refractivity contribution in [1.29, 1.82) is 0 Å². The van der Waals surface area contributed by atoms with Crippen LogP contribution in [0.4, 0.5) is 0 Å². The van der Waals surface area contributed by atoms with Gasteiger partial charge in [-0.3, -0.25) is 0 Å². The first-order valence-corrected chi connectivity index (χ1v) is 6.23. The summed E-state index contributed by atoms with van der Waals surface area (Å²) < 4.78 is 0. The summed E-state index contributed by atoms with van der Waals surface area (Å²) in [6.45, 7) is 0. The monoisotopic (exact) mass is 488 g/mol. The number of rotatable bonds is 10. The summed E-state index contributed by atoms with van der Waals surface area (Å²) in [5.74, 6) is -12.0. The van der Waals surface area contributed by atoms with E-state index >= 15 is 0 Å². The van der Waals surface area contributed by atoms with Crippen molar-refractivity contribution >= 4 is 35.8 Å². The van der Waals surface area contributed by atoms with Gasteiger partial charge in [0, 0.05) is 49.6 Å². The first-order chi connectivity index (χ1) is 11.6. The molecule has 14 nitrogen and oxygen atoms in total. The van der Waals surface area contributed by atoms with Crippen LogP contribution in [0.5, 0.6) is 0 Å². The second-order valence-corrected chi connectivity index (χ2v) is 4.83. The zero-order valence-electron chi connectivity index (χ0n) is 15.1. The molecule has 0 heterocycles. The zero-order chi connectivity index (χ0) is 21.3. The topological polar surface area (TPSA) is 281 Å². The van der Waals surface area contributed by atoms with Gasteiger partial charge in [-0.05, 0) is 0 Å². The van der Waals surface area contributed by atoms with Gasteiger partial charge in [-0.15, -0.1) is 0 Å². The van der Waals surface area contributed by atoms with E-state index in [-0.39, 0.29) is 103 Å². The van der Waals surface area contributed by atoms with Crippen molar-refractivity contribution in [2.45, 2.75) is 36.9 Å². The van der Waals surface area contributed by atoms with Crippen molar-refractivity contribution in [2.24, 2.45) is 0 Å². The van der Waals surface area contributed by atoms with Crippen molar-refractivity contribution < 1.29 is 172 Å². The van der Waals surface area contributed by atoms with Crippen LogP contribution in [-0.4, -0.2) is 57.2 Å². The Morgan fingerprint density at radius 3 is 0.759 bits per heavy atom. The van der Waals surface area contributed by atoms with Gasteiger partial charge in [-0.1, -0.05) is 0 Å². The smallest absolute Gasteiger partial charge is 0.550 e. The van der Waals surface area contributed by atoms with Crippen LogP contribution in [-0.2, 0) is 50.5 Å². The third kappa shape index (κ3) is 18.6. The van der Waals surface area contributed by atoms with Crippen molar-refractivity contribution in [1.82, 2.24) is 0 Å². The molecule has 0 aliphatic heterocycles. The summed E-state index contributed by atoms with van der Waals surface area (Å²) >= 11 is 0. The third-order valence-electron chi connectivity index (χ3n) is 2.51. The van der Waals surface area contributed by atoms with E-state index in [4.69, 9.17) is 10.2 Å². The maximum atomic E-state index is 10.1. The van der Waals surface area contributed by atoms with Crippen LogP contribution in [0.3, 0.4) is 0 Å². The molecular formula is C12H10KNaO14Ti. The predicted molar refractivity (Wildman–Crippen MR) is 58.4 cm³/mol. The molecule has 0 aliphatic carbocycles. The summed E-state index contributed by atoms with van der Waals surface area (Å²) in [7, 11) is 0. The molecule has 0 radical (unpaired) electrons. The number of carbonyl (C=O) groups is 6. The standard InChI is InChI=1S/2C6H8O7.K.Na.Ti/c2*7-3(8)1-6(13,5(11)12)2-4(9)10;;;/h2*13H,1-2H2,(H,7,8)(H,9,10)(H,11,12);;;/q;;2*+1;+4/p-6. The summed E-state index contributed by atoms with van der Waals surface area (Å²) in [5.41, 5.74) is -5.95. The molecule has 0 rings (SSSR count). The molecule has 148 valence electrons. The van der Waals surface area contributed by atoms with Crippen LogP contribution in [0.25, 0.3) is 0 Å². The fourth-order valence-corrected chi connectivity index (χ4v) is 1.37. The van der Waals surface area contributed by atoms with E-state index < -0.39 is 72.7 Å². The molecule has 17 heteroatoms. The van der Waals surface area contributed by atoms with Gasteiger partial charge in [-0.25, -0.2) is 0 Å². The van der Waals surface area contributed by atoms with Crippen molar-refractivity contribution in [3.63, 3.8) is 0 Å². The molecule has 0 fully saturated rings. The van der Waals surface area contributed by atoms with Gasteiger partial charge in [-0.2, -0.15) is 0 Å². The second-order valence-electron chi connectivity index (χ2n) is 4.83. The molecule has 0 aromatic heterocycles. The minimum atomic E-state index is -2.97. The zero-order valence-corrected chi connectivity index (χ0v) is 21.8. The van der Waals surface area contributed by atoms with Gasteiger partial charge in [0.1, 0.15) is 11.2 Å². The molecule has 0 aromatic rings. The second kappa shape index (κ2) is 17.7. The molecule has 0 bridgehead atoms. The maximum Gasteiger partial charge on any atom is 4.00 e. The summed E-state index contributed by atoms with van der Waals surface area (Å²) in [5, 5.41) is 77.9. The van der Waals surface area contributed by atoms with Crippen molar-refractivity contribution in [3.05, 3.63) is 0 Å². The number of hydrogen-bond acceptors (Lipinski definition) is 14. The van der Waals surface area contributed by atoms with Gasteiger partial charge in [0.15, 0.2) is 0 Å². The average molecular weight is 488 g/mol. The number of carboxylic acid groups (broad SMARTS) is 6. The van der Waals surface area contributed by atoms with Crippen LogP contribution in [0, 0.1) is 0 Å². The Morgan fingerprint density at radius 2 is 0.690 bits per heavy atom. The predicted octanol–water partition coefficient (Wildman–Crippen LogP) is -16.5. The Labute approximate surface area is 241 Å². The Hall–Kier alpha value is 0.0906. The minimum absolute atomic E-state index is 0. The van der Waals surface area contributed by atoms with E-state index in [1.807, 2.05) is 0 Å². The number of aliphatic hydroxyl groups is 2. The van der Waals surface area contributed by atoms with Gasteiger partial charge in [0.25, 0.3) is 0 Å². The van der Waals surface area contributed by atoms with Crippen LogP contribution < -0.4 is 112 Å². The van der Waals surface area contributed by atoms with Crippen LogP contribution in [0.15, 0.2) is 0 Å². The fourth-order valence-electron chi connectivity index (χ4n) is 1.37. The molecule has 0 spiro atoms. The number of hydrogen-bond donors (Lipinski definition) is 2. The molecule has 0 aliphatic rings. The van der Waals surface area contributed by atoms with E-state index in [1.165, 1.54) is 0 Å². The van der Waals surface area contributed by atoms with E-state index in [0.717, 1.165) is 0 Å². The average Bonchev–Trinajstić information content (AvgIpc) is 2.34. The summed E-state index contributed by atoms with van der Waals surface area (Å²) in [4.78, 5) is 60.0. The van der Waals surface area contributed by atoms with E-state index in [2.05, 4.69) is 0 Å².